The molecule has 0 bridgehead atoms. The fourth-order valence-corrected chi connectivity index (χ4v) is 4.25. The maximum absolute atomic E-state index is 13.1. The summed E-state index contributed by atoms with van der Waals surface area (Å²) in [5.74, 6) is 0.0484. The maximum Gasteiger partial charge on any atom is 0.261 e. The standard InChI is InChI=1S/C26H23N3O5/c1-3-33-23-12-18-10-15(2)34-22(18)13-21(23)28-24(30)17-4-5-19-20(11-17)26(32)29(25(19)31)14-16-6-8-27-9-7-16/h4-9,11-13,15H,3,10,14H2,1-2H3,(H,28,30)/t15-/m1/s1. The fourth-order valence-electron chi connectivity index (χ4n) is 4.25. The van der Waals surface area contributed by atoms with Gasteiger partial charge in [0.05, 0.1) is 30.0 Å². The van der Waals surface area contributed by atoms with Gasteiger partial charge in [0.2, 0.25) is 0 Å². The van der Waals surface area contributed by atoms with Crippen LogP contribution in [0.3, 0.4) is 0 Å². The molecule has 1 N–H and O–H groups in total. The van der Waals surface area contributed by atoms with Crippen molar-refractivity contribution in [1.82, 2.24) is 9.88 Å². The Labute approximate surface area is 196 Å². The Morgan fingerprint density at radius 3 is 2.65 bits per heavy atom. The van der Waals surface area contributed by atoms with Crippen LogP contribution in [0.1, 0.15) is 56.0 Å². The van der Waals surface area contributed by atoms with Gasteiger partial charge in [0.15, 0.2) is 0 Å². The number of amides is 3. The number of carbonyl (C=O) groups is 3. The van der Waals surface area contributed by atoms with Crippen LogP contribution >= 0.6 is 0 Å². The van der Waals surface area contributed by atoms with Gasteiger partial charge in [-0.3, -0.25) is 24.3 Å². The molecule has 34 heavy (non-hydrogen) atoms. The van der Waals surface area contributed by atoms with E-state index in [0.717, 1.165) is 17.5 Å². The molecule has 0 aliphatic carbocycles. The number of benzene rings is 2. The van der Waals surface area contributed by atoms with Crippen LogP contribution in [0.2, 0.25) is 0 Å². The van der Waals surface area contributed by atoms with Crippen LogP contribution in [-0.4, -0.2) is 40.3 Å². The summed E-state index contributed by atoms with van der Waals surface area (Å²) in [5, 5.41) is 2.86. The smallest absolute Gasteiger partial charge is 0.261 e. The van der Waals surface area contributed by atoms with Crippen molar-refractivity contribution in [3.05, 3.63) is 82.7 Å². The fraction of sp³-hybridized carbons (Fsp3) is 0.231. The molecule has 2 aromatic carbocycles. The zero-order valence-electron chi connectivity index (χ0n) is 18.8. The number of nitrogens with zero attached hydrogens (tertiary/aromatic N) is 2. The minimum absolute atomic E-state index is 0.0609. The molecule has 2 aliphatic rings. The Kier molecular flexibility index (Phi) is 5.49. The molecule has 0 saturated heterocycles. The third-order valence-corrected chi connectivity index (χ3v) is 5.87. The third-order valence-electron chi connectivity index (χ3n) is 5.87. The van der Waals surface area contributed by atoms with Gasteiger partial charge in [0.1, 0.15) is 17.6 Å². The summed E-state index contributed by atoms with van der Waals surface area (Å²) in [6.07, 6.45) is 4.06. The second-order valence-corrected chi connectivity index (χ2v) is 8.29. The molecule has 5 rings (SSSR count). The van der Waals surface area contributed by atoms with Gasteiger partial charge in [-0.25, -0.2) is 0 Å². The van der Waals surface area contributed by atoms with Gasteiger partial charge in [-0.1, -0.05) is 0 Å². The van der Waals surface area contributed by atoms with E-state index in [2.05, 4.69) is 10.3 Å². The molecule has 0 radical (unpaired) electrons. The van der Waals surface area contributed by atoms with Crippen LogP contribution in [0.15, 0.2) is 54.9 Å². The van der Waals surface area contributed by atoms with Crippen molar-refractivity contribution in [1.29, 1.82) is 0 Å². The minimum atomic E-state index is -0.429. The molecule has 1 atom stereocenters. The Bertz CT molecular complexity index is 1310. The van der Waals surface area contributed by atoms with E-state index in [1.54, 1.807) is 36.7 Å². The van der Waals surface area contributed by atoms with Gasteiger partial charge in [0, 0.05) is 36.0 Å². The first-order valence-electron chi connectivity index (χ1n) is 11.1. The van der Waals surface area contributed by atoms with E-state index in [-0.39, 0.29) is 35.2 Å². The van der Waals surface area contributed by atoms with Crippen molar-refractivity contribution < 1.29 is 23.9 Å². The number of hydrogen-bond acceptors (Lipinski definition) is 6. The molecule has 2 aliphatic heterocycles. The highest BCUT2D eigenvalue weighted by atomic mass is 16.5. The van der Waals surface area contributed by atoms with Crippen LogP contribution in [0.5, 0.6) is 11.5 Å². The van der Waals surface area contributed by atoms with Gasteiger partial charge in [-0.2, -0.15) is 0 Å². The summed E-state index contributed by atoms with van der Waals surface area (Å²) in [4.78, 5) is 44.0. The van der Waals surface area contributed by atoms with Crippen LogP contribution in [-0.2, 0) is 13.0 Å². The van der Waals surface area contributed by atoms with E-state index in [0.29, 0.717) is 23.8 Å². The SMILES string of the molecule is CCOc1cc2c(cc1NC(=O)c1ccc3c(c1)C(=O)N(Cc1ccncc1)C3=O)O[C@H](C)C2. The second-order valence-electron chi connectivity index (χ2n) is 8.29. The first-order valence-corrected chi connectivity index (χ1v) is 11.1. The van der Waals surface area contributed by atoms with E-state index in [1.165, 1.54) is 17.0 Å². The van der Waals surface area contributed by atoms with Crippen LogP contribution in [0.4, 0.5) is 5.69 Å². The number of ether oxygens (including phenoxy) is 2. The number of nitrogens with one attached hydrogen (secondary N) is 1. The molecule has 0 spiro atoms. The Hall–Kier alpha value is -4.20. The molecule has 8 nitrogen and oxygen atoms in total. The van der Waals surface area contributed by atoms with Gasteiger partial charge >= 0.3 is 0 Å². The number of pyridine rings is 1. The van der Waals surface area contributed by atoms with E-state index >= 15 is 0 Å². The van der Waals surface area contributed by atoms with E-state index in [1.807, 2.05) is 19.9 Å². The van der Waals surface area contributed by atoms with Crippen LogP contribution in [0.25, 0.3) is 0 Å². The number of imide groups is 1. The zero-order chi connectivity index (χ0) is 23.8. The first-order chi connectivity index (χ1) is 16.4. The molecule has 0 saturated carbocycles. The summed E-state index contributed by atoms with van der Waals surface area (Å²) in [7, 11) is 0. The van der Waals surface area contributed by atoms with Crippen molar-refractivity contribution in [3.63, 3.8) is 0 Å². The maximum atomic E-state index is 13.1. The predicted molar refractivity (Wildman–Crippen MR) is 124 cm³/mol. The third kappa shape index (κ3) is 3.87. The quantitative estimate of drug-likeness (QED) is 0.565. The lowest BCUT2D eigenvalue weighted by Crippen LogP contribution is -2.29. The highest BCUT2D eigenvalue weighted by Crippen LogP contribution is 2.38. The minimum Gasteiger partial charge on any atom is -0.492 e. The van der Waals surface area contributed by atoms with E-state index < -0.39 is 11.8 Å². The van der Waals surface area contributed by atoms with E-state index in [9.17, 15) is 14.4 Å². The normalized spacial score (nSPS) is 16.2. The molecular weight excluding hydrogens is 434 g/mol. The summed E-state index contributed by atoms with van der Waals surface area (Å²) in [6.45, 7) is 4.45. The van der Waals surface area contributed by atoms with Crippen LogP contribution in [0, 0.1) is 0 Å². The average molecular weight is 457 g/mol. The molecular formula is C26H23N3O5. The lowest BCUT2D eigenvalue weighted by Gasteiger charge is -2.14. The summed E-state index contributed by atoms with van der Waals surface area (Å²) in [6, 6.07) is 11.7. The zero-order valence-corrected chi connectivity index (χ0v) is 18.8. The number of carbonyl (C=O) groups excluding carboxylic acids is 3. The number of aromatic nitrogens is 1. The number of fused-ring (bicyclic) bond motifs is 2. The van der Waals surface area contributed by atoms with Gasteiger partial charge in [-0.05, 0) is 55.8 Å². The van der Waals surface area contributed by atoms with Gasteiger partial charge in [0.25, 0.3) is 17.7 Å². The van der Waals surface area contributed by atoms with Gasteiger partial charge in [-0.15, -0.1) is 0 Å². The average Bonchev–Trinajstić information content (AvgIpc) is 3.31. The second kappa shape index (κ2) is 8.62. The van der Waals surface area contributed by atoms with Crippen molar-refractivity contribution in [2.24, 2.45) is 0 Å². The molecule has 172 valence electrons. The predicted octanol–water partition coefficient (Wildman–Crippen LogP) is 3.85. The van der Waals surface area contributed by atoms with Crippen molar-refractivity contribution >= 4 is 23.4 Å². The molecule has 3 amide bonds. The summed E-state index contributed by atoms with van der Waals surface area (Å²) in [5.41, 5.74) is 3.07. The van der Waals surface area contributed by atoms with Crippen molar-refractivity contribution in [2.45, 2.75) is 32.9 Å². The number of anilines is 1. The molecule has 3 heterocycles. The monoisotopic (exact) mass is 457 g/mol. The Morgan fingerprint density at radius 2 is 1.88 bits per heavy atom. The summed E-state index contributed by atoms with van der Waals surface area (Å²) < 4.78 is 11.5. The number of hydrogen-bond donors (Lipinski definition) is 1. The molecule has 0 unspecified atom stereocenters. The molecule has 3 aromatic rings. The first kappa shape index (κ1) is 21.6. The summed E-state index contributed by atoms with van der Waals surface area (Å²) >= 11 is 0. The van der Waals surface area contributed by atoms with Crippen LogP contribution < -0.4 is 14.8 Å². The van der Waals surface area contributed by atoms with Gasteiger partial charge < -0.3 is 14.8 Å². The highest BCUT2D eigenvalue weighted by Gasteiger charge is 2.36. The van der Waals surface area contributed by atoms with Crippen molar-refractivity contribution in [3.8, 4) is 11.5 Å². The lowest BCUT2D eigenvalue weighted by atomic mass is 10.0. The van der Waals surface area contributed by atoms with Crippen molar-refractivity contribution in [2.75, 3.05) is 11.9 Å². The highest BCUT2D eigenvalue weighted by molar-refractivity contribution is 6.22. The molecule has 8 heteroatoms. The van der Waals surface area contributed by atoms with E-state index in [4.69, 9.17) is 9.47 Å². The topological polar surface area (TPSA) is 97.8 Å². The lowest BCUT2D eigenvalue weighted by molar-refractivity contribution is 0.0642. The number of rotatable bonds is 6. The Balaban J connectivity index is 1.39. The largest absolute Gasteiger partial charge is 0.492 e. The molecule has 0 fully saturated rings. The Morgan fingerprint density at radius 1 is 1.12 bits per heavy atom. The molecule has 1 aromatic heterocycles.